The van der Waals surface area contributed by atoms with E-state index in [-0.39, 0.29) is 6.54 Å². The second-order valence-electron chi connectivity index (χ2n) is 5.39. The summed E-state index contributed by atoms with van der Waals surface area (Å²) in [4.78, 5) is 12.9. The van der Waals surface area contributed by atoms with E-state index in [9.17, 15) is 13.6 Å². The summed E-state index contributed by atoms with van der Waals surface area (Å²) in [7, 11) is 0. The van der Waals surface area contributed by atoms with Crippen molar-refractivity contribution >= 4 is 11.7 Å². The molecule has 5 heteroatoms. The van der Waals surface area contributed by atoms with E-state index in [2.05, 4.69) is 0 Å². The number of anilines is 1. The Morgan fingerprint density at radius 1 is 1.33 bits per heavy atom. The van der Waals surface area contributed by atoms with Crippen molar-refractivity contribution in [2.24, 2.45) is 11.3 Å². The second-order valence-corrected chi connectivity index (χ2v) is 5.39. The lowest BCUT2D eigenvalue weighted by Gasteiger charge is -2.22. The molecule has 1 aromatic carbocycles. The Morgan fingerprint density at radius 3 is 2.33 bits per heavy atom. The predicted molar refractivity (Wildman–Crippen MR) is 63.5 cm³/mol. The number of nitrogens with zero attached hydrogens (tertiary/aromatic N) is 1. The highest BCUT2D eigenvalue weighted by molar-refractivity contribution is 5.73. The molecule has 1 N–H and O–H groups in total. The van der Waals surface area contributed by atoms with Crippen LogP contribution in [0.1, 0.15) is 13.8 Å². The fourth-order valence-corrected chi connectivity index (χ4v) is 2.47. The van der Waals surface area contributed by atoms with Gasteiger partial charge in [0.05, 0.1) is 5.92 Å². The molecule has 0 spiro atoms. The van der Waals surface area contributed by atoms with Gasteiger partial charge in [-0.05, 0) is 17.5 Å². The van der Waals surface area contributed by atoms with E-state index in [0.717, 1.165) is 6.07 Å². The molecule has 1 unspecified atom stereocenters. The maximum absolute atomic E-state index is 13.1. The summed E-state index contributed by atoms with van der Waals surface area (Å²) in [6.45, 7) is 4.43. The summed E-state index contributed by atoms with van der Waals surface area (Å²) in [6.07, 6.45) is 0. The van der Waals surface area contributed by atoms with Gasteiger partial charge in [0.1, 0.15) is 11.6 Å². The molecule has 1 aromatic rings. The molecule has 1 fully saturated rings. The average Bonchev–Trinajstić information content (AvgIpc) is 2.52. The summed E-state index contributed by atoms with van der Waals surface area (Å²) >= 11 is 0. The molecule has 1 saturated heterocycles. The Balaban J connectivity index is 2.29. The van der Waals surface area contributed by atoms with Crippen molar-refractivity contribution in [1.82, 2.24) is 0 Å². The number of rotatable bonds is 2. The van der Waals surface area contributed by atoms with Gasteiger partial charge in [-0.2, -0.15) is 0 Å². The van der Waals surface area contributed by atoms with Gasteiger partial charge < -0.3 is 10.0 Å². The Morgan fingerprint density at radius 2 is 1.89 bits per heavy atom. The molecule has 1 aliphatic heterocycles. The first kappa shape index (κ1) is 12.8. The zero-order valence-corrected chi connectivity index (χ0v) is 10.3. The third-order valence-corrected chi connectivity index (χ3v) is 3.46. The first-order valence-corrected chi connectivity index (χ1v) is 5.73. The van der Waals surface area contributed by atoms with Crippen molar-refractivity contribution in [1.29, 1.82) is 0 Å². The summed E-state index contributed by atoms with van der Waals surface area (Å²) in [5.41, 5.74) is -0.0291. The number of carboxylic acid groups (broad SMARTS) is 1. The third kappa shape index (κ3) is 2.30. The highest BCUT2D eigenvalue weighted by atomic mass is 19.1. The number of hydrogen-bond donors (Lipinski definition) is 1. The van der Waals surface area contributed by atoms with E-state index in [4.69, 9.17) is 5.11 Å². The molecule has 2 rings (SSSR count). The van der Waals surface area contributed by atoms with Gasteiger partial charge in [-0.3, -0.25) is 4.79 Å². The fourth-order valence-electron chi connectivity index (χ4n) is 2.47. The van der Waals surface area contributed by atoms with Gasteiger partial charge >= 0.3 is 5.97 Å². The molecule has 18 heavy (non-hydrogen) atoms. The monoisotopic (exact) mass is 255 g/mol. The van der Waals surface area contributed by atoms with Gasteiger partial charge in [0.2, 0.25) is 0 Å². The van der Waals surface area contributed by atoms with E-state index >= 15 is 0 Å². The minimum absolute atomic E-state index is 0.269. The van der Waals surface area contributed by atoms with Crippen molar-refractivity contribution in [3.05, 3.63) is 29.8 Å². The molecular weight excluding hydrogens is 240 g/mol. The zero-order chi connectivity index (χ0) is 13.5. The second kappa shape index (κ2) is 4.23. The normalized spacial score (nSPS) is 22.2. The van der Waals surface area contributed by atoms with Gasteiger partial charge in [-0.25, -0.2) is 8.78 Å². The Bertz CT molecular complexity index is 468. The van der Waals surface area contributed by atoms with Crippen molar-refractivity contribution in [2.75, 3.05) is 18.0 Å². The van der Waals surface area contributed by atoms with Crippen molar-refractivity contribution in [3.8, 4) is 0 Å². The Hall–Kier alpha value is -1.65. The summed E-state index contributed by atoms with van der Waals surface area (Å²) < 4.78 is 26.3. The lowest BCUT2D eigenvalue weighted by molar-refractivity contribution is -0.143. The Labute approximate surface area is 104 Å². The topological polar surface area (TPSA) is 40.5 Å². The molecule has 1 heterocycles. The molecule has 0 bridgehead atoms. The number of benzene rings is 1. The standard InChI is InChI=1S/C13H15F2NO2/c1-13(2)7-16(6-11(13)12(17)18)10-4-8(14)3-9(15)5-10/h3-5,11H,6-7H2,1-2H3,(H,17,18). The van der Waals surface area contributed by atoms with Crippen LogP contribution in [0.25, 0.3) is 0 Å². The molecule has 98 valence electrons. The lowest BCUT2D eigenvalue weighted by atomic mass is 9.82. The van der Waals surface area contributed by atoms with Crippen LogP contribution < -0.4 is 4.90 Å². The first-order chi connectivity index (χ1) is 8.29. The summed E-state index contributed by atoms with van der Waals surface area (Å²) in [5, 5.41) is 9.15. The van der Waals surface area contributed by atoms with E-state index < -0.39 is 28.9 Å². The van der Waals surface area contributed by atoms with Crippen LogP contribution in [-0.2, 0) is 4.79 Å². The van der Waals surface area contributed by atoms with E-state index in [0.29, 0.717) is 12.2 Å². The molecule has 0 aromatic heterocycles. The smallest absolute Gasteiger partial charge is 0.308 e. The number of halogens is 2. The van der Waals surface area contributed by atoms with Crippen LogP contribution >= 0.6 is 0 Å². The van der Waals surface area contributed by atoms with Crippen LogP contribution in [0.15, 0.2) is 18.2 Å². The summed E-state index contributed by atoms with van der Waals surface area (Å²) in [6, 6.07) is 3.26. The minimum Gasteiger partial charge on any atom is -0.481 e. The molecule has 1 aliphatic rings. The van der Waals surface area contributed by atoms with Crippen LogP contribution in [-0.4, -0.2) is 24.2 Å². The van der Waals surface area contributed by atoms with Crippen molar-refractivity contribution < 1.29 is 18.7 Å². The molecule has 0 saturated carbocycles. The van der Waals surface area contributed by atoms with Crippen molar-refractivity contribution in [2.45, 2.75) is 13.8 Å². The van der Waals surface area contributed by atoms with Crippen molar-refractivity contribution in [3.63, 3.8) is 0 Å². The third-order valence-electron chi connectivity index (χ3n) is 3.46. The highest BCUT2D eigenvalue weighted by Crippen LogP contribution is 2.38. The molecular formula is C13H15F2NO2. The maximum atomic E-state index is 13.1. The van der Waals surface area contributed by atoms with Gasteiger partial charge in [0.15, 0.2) is 0 Å². The largest absolute Gasteiger partial charge is 0.481 e. The number of aliphatic carboxylic acids is 1. The zero-order valence-electron chi connectivity index (χ0n) is 10.3. The quantitative estimate of drug-likeness (QED) is 0.882. The van der Waals surface area contributed by atoms with E-state index in [1.165, 1.54) is 12.1 Å². The Kier molecular flexibility index (Phi) is 3.00. The van der Waals surface area contributed by atoms with Gasteiger partial charge in [0.25, 0.3) is 0 Å². The van der Waals surface area contributed by atoms with Crippen LogP contribution in [0.5, 0.6) is 0 Å². The SMILES string of the molecule is CC1(C)CN(c2cc(F)cc(F)c2)CC1C(=O)O. The minimum atomic E-state index is -0.876. The van der Waals surface area contributed by atoms with Crippen LogP contribution in [0, 0.1) is 23.0 Å². The molecule has 0 aliphatic carbocycles. The number of carbonyl (C=O) groups is 1. The predicted octanol–water partition coefficient (Wildman–Crippen LogP) is 2.51. The molecule has 3 nitrogen and oxygen atoms in total. The fraction of sp³-hybridized carbons (Fsp3) is 0.462. The summed E-state index contributed by atoms with van der Waals surface area (Å²) in [5.74, 6) is -2.72. The molecule has 1 atom stereocenters. The van der Waals surface area contributed by atoms with Gasteiger partial charge in [-0.15, -0.1) is 0 Å². The van der Waals surface area contributed by atoms with Crippen LogP contribution in [0.3, 0.4) is 0 Å². The van der Waals surface area contributed by atoms with Gasteiger partial charge in [-0.1, -0.05) is 13.8 Å². The average molecular weight is 255 g/mol. The van der Waals surface area contributed by atoms with E-state index in [1.54, 1.807) is 4.90 Å². The number of hydrogen-bond acceptors (Lipinski definition) is 2. The number of carboxylic acids is 1. The molecule has 0 radical (unpaired) electrons. The van der Waals surface area contributed by atoms with Crippen LogP contribution in [0.4, 0.5) is 14.5 Å². The van der Waals surface area contributed by atoms with Crippen LogP contribution in [0.2, 0.25) is 0 Å². The van der Waals surface area contributed by atoms with E-state index in [1.807, 2.05) is 13.8 Å². The lowest BCUT2D eigenvalue weighted by Crippen LogP contribution is -2.28. The first-order valence-electron chi connectivity index (χ1n) is 5.73. The van der Waals surface area contributed by atoms with Gasteiger partial charge in [0, 0.05) is 24.8 Å². The molecule has 0 amide bonds. The highest BCUT2D eigenvalue weighted by Gasteiger charge is 2.43. The maximum Gasteiger partial charge on any atom is 0.308 e.